The van der Waals surface area contributed by atoms with Gasteiger partial charge in [-0.15, -0.1) is 0 Å². The second-order valence-corrected chi connectivity index (χ2v) is 3.09. The summed E-state index contributed by atoms with van der Waals surface area (Å²) < 4.78 is 4.92. The third-order valence-electron chi connectivity index (χ3n) is 2.22. The molecule has 76 valence electrons. The van der Waals surface area contributed by atoms with Crippen LogP contribution in [0.2, 0.25) is 0 Å². The standard InChI is InChI=1S/C8H16N2O3/c1-13-5-4-10-3-2-9-6-7(10)8(11)12/h7,9H,2-6H2,1H3,(H,11,12). The van der Waals surface area contributed by atoms with Crippen LogP contribution in [0.25, 0.3) is 0 Å². The molecule has 5 nitrogen and oxygen atoms in total. The molecule has 0 amide bonds. The molecule has 0 aromatic rings. The maximum Gasteiger partial charge on any atom is 0.322 e. The quantitative estimate of drug-likeness (QED) is 0.592. The molecule has 0 saturated carbocycles. The number of rotatable bonds is 4. The summed E-state index contributed by atoms with van der Waals surface area (Å²) in [6, 6.07) is -0.399. The molecule has 0 aromatic carbocycles. The van der Waals surface area contributed by atoms with Gasteiger partial charge in [-0.05, 0) is 0 Å². The van der Waals surface area contributed by atoms with Crippen LogP contribution in [0.1, 0.15) is 0 Å². The summed E-state index contributed by atoms with van der Waals surface area (Å²) in [5.74, 6) is -0.761. The van der Waals surface area contributed by atoms with E-state index in [-0.39, 0.29) is 0 Å². The molecule has 1 unspecified atom stereocenters. The lowest BCUT2D eigenvalue weighted by atomic mass is 10.2. The van der Waals surface area contributed by atoms with Crippen molar-refractivity contribution >= 4 is 5.97 Å². The average molecular weight is 188 g/mol. The number of carboxylic acids is 1. The number of nitrogens with one attached hydrogen (secondary N) is 1. The smallest absolute Gasteiger partial charge is 0.322 e. The van der Waals surface area contributed by atoms with Crippen LogP contribution in [0.3, 0.4) is 0 Å². The summed E-state index contributed by atoms with van der Waals surface area (Å²) in [5.41, 5.74) is 0. The lowest BCUT2D eigenvalue weighted by Crippen LogP contribution is -2.55. The van der Waals surface area contributed by atoms with Crippen molar-refractivity contribution in [1.29, 1.82) is 0 Å². The van der Waals surface area contributed by atoms with Gasteiger partial charge in [-0.1, -0.05) is 0 Å². The molecule has 0 aliphatic carbocycles. The number of aliphatic carboxylic acids is 1. The van der Waals surface area contributed by atoms with E-state index in [1.165, 1.54) is 0 Å². The maximum atomic E-state index is 10.8. The summed E-state index contributed by atoms with van der Waals surface area (Å²) in [7, 11) is 1.62. The zero-order valence-electron chi connectivity index (χ0n) is 7.82. The van der Waals surface area contributed by atoms with E-state index in [1.807, 2.05) is 4.90 Å². The summed E-state index contributed by atoms with van der Waals surface area (Å²) in [5, 5.41) is 11.9. The number of nitrogens with zero attached hydrogens (tertiary/aromatic N) is 1. The van der Waals surface area contributed by atoms with E-state index in [4.69, 9.17) is 9.84 Å². The molecule has 1 saturated heterocycles. The molecule has 1 fully saturated rings. The molecule has 2 N–H and O–H groups in total. The predicted molar refractivity (Wildman–Crippen MR) is 47.7 cm³/mol. The Hall–Kier alpha value is -0.650. The first kappa shape index (κ1) is 10.4. The fraction of sp³-hybridized carbons (Fsp3) is 0.875. The molecule has 0 aromatic heterocycles. The van der Waals surface area contributed by atoms with Gasteiger partial charge < -0.3 is 15.2 Å². The first-order chi connectivity index (χ1) is 6.25. The highest BCUT2D eigenvalue weighted by molar-refractivity contribution is 5.73. The van der Waals surface area contributed by atoms with Crippen molar-refractivity contribution in [3.8, 4) is 0 Å². The van der Waals surface area contributed by atoms with Crippen molar-refractivity contribution in [1.82, 2.24) is 10.2 Å². The van der Waals surface area contributed by atoms with E-state index in [2.05, 4.69) is 5.32 Å². The number of hydrogen-bond acceptors (Lipinski definition) is 4. The van der Waals surface area contributed by atoms with Crippen LogP contribution in [-0.4, -0.2) is 61.9 Å². The molecule has 1 aliphatic heterocycles. The summed E-state index contributed by atoms with van der Waals surface area (Å²) >= 11 is 0. The topological polar surface area (TPSA) is 61.8 Å². The number of piperazine rings is 1. The molecule has 1 rings (SSSR count). The molecule has 5 heteroatoms. The molecule has 0 bridgehead atoms. The van der Waals surface area contributed by atoms with Crippen molar-refractivity contribution in [3.63, 3.8) is 0 Å². The van der Waals surface area contributed by atoms with Crippen LogP contribution in [0.15, 0.2) is 0 Å². The van der Waals surface area contributed by atoms with Crippen LogP contribution >= 0.6 is 0 Å². The maximum absolute atomic E-state index is 10.8. The van der Waals surface area contributed by atoms with Crippen LogP contribution in [0.4, 0.5) is 0 Å². The van der Waals surface area contributed by atoms with Gasteiger partial charge in [0.15, 0.2) is 0 Å². The Morgan fingerprint density at radius 2 is 2.54 bits per heavy atom. The van der Waals surface area contributed by atoms with E-state index in [0.717, 1.165) is 13.1 Å². The number of carboxylic acid groups (broad SMARTS) is 1. The summed E-state index contributed by atoms with van der Waals surface area (Å²) in [4.78, 5) is 12.7. The molecule has 0 spiro atoms. The van der Waals surface area contributed by atoms with E-state index in [1.54, 1.807) is 7.11 Å². The Morgan fingerprint density at radius 3 is 3.15 bits per heavy atom. The molecular weight excluding hydrogens is 172 g/mol. The van der Waals surface area contributed by atoms with Crippen molar-refractivity contribution in [2.45, 2.75) is 6.04 Å². The Bertz CT molecular complexity index is 175. The van der Waals surface area contributed by atoms with Crippen molar-refractivity contribution in [3.05, 3.63) is 0 Å². The van der Waals surface area contributed by atoms with E-state index >= 15 is 0 Å². The minimum Gasteiger partial charge on any atom is -0.480 e. The monoisotopic (exact) mass is 188 g/mol. The second kappa shape index (κ2) is 5.16. The number of ether oxygens (including phenoxy) is 1. The highest BCUT2D eigenvalue weighted by atomic mass is 16.5. The van der Waals surface area contributed by atoms with Crippen molar-refractivity contribution in [2.24, 2.45) is 0 Å². The normalized spacial score (nSPS) is 24.5. The number of hydrogen-bond donors (Lipinski definition) is 2. The highest BCUT2D eigenvalue weighted by Crippen LogP contribution is 2.02. The molecule has 1 atom stereocenters. The fourth-order valence-electron chi connectivity index (χ4n) is 1.47. The highest BCUT2D eigenvalue weighted by Gasteiger charge is 2.27. The SMILES string of the molecule is COCCN1CCNCC1C(=O)O. The van der Waals surface area contributed by atoms with E-state index < -0.39 is 12.0 Å². The molecular formula is C8H16N2O3. The van der Waals surface area contributed by atoms with Crippen LogP contribution in [0.5, 0.6) is 0 Å². The van der Waals surface area contributed by atoms with Gasteiger partial charge in [-0.3, -0.25) is 9.69 Å². The first-order valence-corrected chi connectivity index (χ1v) is 4.42. The molecule has 1 aliphatic rings. The average Bonchev–Trinajstić information content (AvgIpc) is 2.15. The lowest BCUT2D eigenvalue weighted by molar-refractivity contribution is -0.144. The first-order valence-electron chi connectivity index (χ1n) is 4.42. The number of methoxy groups -OCH3 is 1. The van der Waals surface area contributed by atoms with Gasteiger partial charge in [0.1, 0.15) is 6.04 Å². The molecule has 1 heterocycles. The fourth-order valence-corrected chi connectivity index (χ4v) is 1.47. The van der Waals surface area contributed by atoms with Crippen LogP contribution in [-0.2, 0) is 9.53 Å². The van der Waals surface area contributed by atoms with Crippen molar-refractivity contribution in [2.75, 3.05) is 39.9 Å². The number of carbonyl (C=O) groups is 1. The van der Waals surface area contributed by atoms with Crippen molar-refractivity contribution < 1.29 is 14.6 Å². The van der Waals surface area contributed by atoms with Gasteiger partial charge in [0.2, 0.25) is 0 Å². The van der Waals surface area contributed by atoms with E-state index in [0.29, 0.717) is 19.7 Å². The third-order valence-corrected chi connectivity index (χ3v) is 2.22. The lowest BCUT2D eigenvalue weighted by Gasteiger charge is -2.32. The van der Waals surface area contributed by atoms with Gasteiger partial charge in [-0.25, -0.2) is 0 Å². The summed E-state index contributed by atoms with van der Waals surface area (Å²) in [6.07, 6.45) is 0. The Labute approximate surface area is 77.7 Å². The zero-order valence-corrected chi connectivity index (χ0v) is 7.82. The molecule has 13 heavy (non-hydrogen) atoms. The summed E-state index contributed by atoms with van der Waals surface area (Å²) in [6.45, 7) is 3.44. The predicted octanol–water partition coefficient (Wildman–Crippen LogP) is -1.01. The Balaban J connectivity index is 2.41. The minimum absolute atomic E-state index is 0.399. The van der Waals surface area contributed by atoms with Gasteiger partial charge in [0.25, 0.3) is 0 Å². The largest absolute Gasteiger partial charge is 0.480 e. The molecule has 0 radical (unpaired) electrons. The van der Waals surface area contributed by atoms with Gasteiger partial charge in [0, 0.05) is 33.3 Å². The minimum atomic E-state index is -0.761. The van der Waals surface area contributed by atoms with Crippen LogP contribution < -0.4 is 5.32 Å². The van der Waals surface area contributed by atoms with Gasteiger partial charge in [-0.2, -0.15) is 0 Å². The Kier molecular flexibility index (Phi) is 4.14. The van der Waals surface area contributed by atoms with Gasteiger partial charge >= 0.3 is 5.97 Å². The zero-order chi connectivity index (χ0) is 9.68. The van der Waals surface area contributed by atoms with E-state index in [9.17, 15) is 4.79 Å². The van der Waals surface area contributed by atoms with Gasteiger partial charge in [0.05, 0.1) is 6.61 Å². The van der Waals surface area contributed by atoms with Crippen LogP contribution in [0, 0.1) is 0 Å². The second-order valence-electron chi connectivity index (χ2n) is 3.09. The third kappa shape index (κ3) is 2.95. The Morgan fingerprint density at radius 1 is 1.77 bits per heavy atom.